The summed E-state index contributed by atoms with van der Waals surface area (Å²) in [6.45, 7) is 1.99. The van der Waals surface area contributed by atoms with Crippen LogP contribution in [0.4, 0.5) is 0 Å². The number of Topliss-reactive ketones (excluding diaryl/α,β-unsaturated/α-hetero) is 1. The van der Waals surface area contributed by atoms with Crippen molar-refractivity contribution in [3.63, 3.8) is 0 Å². The summed E-state index contributed by atoms with van der Waals surface area (Å²) in [5.41, 5.74) is 2.55. The first kappa shape index (κ1) is 19.4. The molecule has 6 heteroatoms. The van der Waals surface area contributed by atoms with Crippen molar-refractivity contribution >= 4 is 46.1 Å². The van der Waals surface area contributed by atoms with Crippen LogP contribution in [-0.4, -0.2) is 20.9 Å². The van der Waals surface area contributed by atoms with Gasteiger partial charge in [0.2, 0.25) is 0 Å². The van der Waals surface area contributed by atoms with Crippen LogP contribution in [0.2, 0.25) is 0 Å². The minimum Gasteiger partial charge on any atom is -0.457 e. The highest BCUT2D eigenvalue weighted by Crippen LogP contribution is 2.34. The van der Waals surface area contributed by atoms with E-state index in [1.54, 1.807) is 23.1 Å². The summed E-state index contributed by atoms with van der Waals surface area (Å²) in [7, 11) is 0. The predicted molar refractivity (Wildman–Crippen MR) is 119 cm³/mol. The molecule has 4 nitrogen and oxygen atoms in total. The normalized spacial score (nSPS) is 15.3. The first-order valence-corrected chi connectivity index (χ1v) is 10.2. The van der Waals surface area contributed by atoms with E-state index in [1.807, 2.05) is 54.6 Å². The molecule has 4 rings (SSSR count). The molecule has 1 saturated heterocycles. The Balaban J connectivity index is 1.52. The third-order valence-corrected chi connectivity index (χ3v) is 5.91. The Labute approximate surface area is 178 Å². The van der Waals surface area contributed by atoms with Gasteiger partial charge >= 0.3 is 0 Å². The third-order valence-electron chi connectivity index (χ3n) is 4.53. The summed E-state index contributed by atoms with van der Waals surface area (Å²) < 4.78 is 6.42. The molecule has 2 heterocycles. The average molecular weight is 420 g/mol. The maximum absolute atomic E-state index is 12.8. The highest BCUT2D eigenvalue weighted by Gasteiger charge is 2.32. The van der Waals surface area contributed by atoms with Gasteiger partial charge in [-0.05, 0) is 24.6 Å². The summed E-state index contributed by atoms with van der Waals surface area (Å²) in [5.74, 6) is 1.16. The van der Waals surface area contributed by atoms with Crippen LogP contribution in [0.25, 0.3) is 17.4 Å². The van der Waals surface area contributed by atoms with Crippen LogP contribution >= 0.6 is 24.0 Å². The molecule has 3 aromatic rings. The first-order chi connectivity index (χ1) is 14.0. The molecule has 0 unspecified atom stereocenters. The number of nitrogens with zero attached hydrogens (tertiary/aromatic N) is 1. The van der Waals surface area contributed by atoms with Gasteiger partial charge in [-0.2, -0.15) is 0 Å². The third kappa shape index (κ3) is 4.23. The Morgan fingerprint density at radius 3 is 2.48 bits per heavy atom. The van der Waals surface area contributed by atoms with Crippen molar-refractivity contribution in [1.82, 2.24) is 4.90 Å². The van der Waals surface area contributed by atoms with Gasteiger partial charge in [0, 0.05) is 17.2 Å². The minimum atomic E-state index is -0.118. The van der Waals surface area contributed by atoms with Gasteiger partial charge in [-0.3, -0.25) is 14.5 Å². The van der Waals surface area contributed by atoms with Crippen molar-refractivity contribution in [1.29, 1.82) is 0 Å². The van der Waals surface area contributed by atoms with E-state index in [1.165, 1.54) is 18.7 Å². The Bertz CT molecular complexity index is 1110. The molecule has 144 valence electrons. The fourth-order valence-electron chi connectivity index (χ4n) is 2.99. The Morgan fingerprint density at radius 2 is 1.79 bits per heavy atom. The van der Waals surface area contributed by atoms with Crippen LogP contribution < -0.4 is 0 Å². The molecule has 1 amide bonds. The SMILES string of the molecule is CC(=O)c1ccc(-c2ccc(/C=C3\SC(=S)N(Cc4ccccc4)C3=O)o2)cc1. The van der Waals surface area contributed by atoms with Gasteiger partial charge in [-0.25, -0.2) is 0 Å². The second-order valence-corrected chi connectivity index (χ2v) is 8.26. The largest absolute Gasteiger partial charge is 0.457 e. The molecule has 0 saturated carbocycles. The zero-order valence-electron chi connectivity index (χ0n) is 15.6. The second-order valence-electron chi connectivity index (χ2n) is 6.59. The monoisotopic (exact) mass is 419 g/mol. The topological polar surface area (TPSA) is 50.5 Å². The number of carbonyl (C=O) groups excluding carboxylic acids is 2. The molecule has 0 N–H and O–H groups in total. The summed E-state index contributed by atoms with van der Waals surface area (Å²) in [4.78, 5) is 26.3. The average Bonchev–Trinajstić information content (AvgIpc) is 3.29. The van der Waals surface area contributed by atoms with E-state index >= 15 is 0 Å². The lowest BCUT2D eigenvalue weighted by Gasteiger charge is -2.14. The zero-order valence-corrected chi connectivity index (χ0v) is 17.3. The molecule has 0 atom stereocenters. The minimum absolute atomic E-state index is 0.0224. The second kappa shape index (κ2) is 8.19. The number of hydrogen-bond acceptors (Lipinski definition) is 5. The lowest BCUT2D eigenvalue weighted by atomic mass is 10.1. The van der Waals surface area contributed by atoms with E-state index in [9.17, 15) is 9.59 Å². The molecule has 1 aromatic heterocycles. The summed E-state index contributed by atoms with van der Waals surface area (Å²) in [6, 6.07) is 20.7. The van der Waals surface area contributed by atoms with Crippen molar-refractivity contribution in [2.24, 2.45) is 0 Å². The molecule has 0 bridgehead atoms. The van der Waals surface area contributed by atoms with Crippen LogP contribution in [0, 0.1) is 0 Å². The summed E-state index contributed by atoms with van der Waals surface area (Å²) in [6.07, 6.45) is 1.72. The highest BCUT2D eigenvalue weighted by molar-refractivity contribution is 8.26. The van der Waals surface area contributed by atoms with Gasteiger partial charge in [0.15, 0.2) is 5.78 Å². The van der Waals surface area contributed by atoms with E-state index in [-0.39, 0.29) is 11.7 Å². The number of furan rings is 1. The standard InChI is InChI=1S/C23H17NO3S2/c1-15(25)17-7-9-18(10-8-17)20-12-11-19(27-20)13-21-22(26)24(23(28)29-21)14-16-5-3-2-4-6-16/h2-13H,14H2,1H3/b21-13-. The summed E-state index contributed by atoms with van der Waals surface area (Å²) >= 11 is 6.67. The number of thioether (sulfide) groups is 1. The number of benzene rings is 2. The molecule has 2 aromatic carbocycles. The molecule has 29 heavy (non-hydrogen) atoms. The molecular formula is C23H17NO3S2. The fraction of sp³-hybridized carbons (Fsp3) is 0.0870. The van der Waals surface area contributed by atoms with E-state index in [0.29, 0.717) is 32.9 Å². The molecule has 1 aliphatic rings. The van der Waals surface area contributed by atoms with Crippen LogP contribution in [-0.2, 0) is 11.3 Å². The van der Waals surface area contributed by atoms with Gasteiger partial charge in [-0.15, -0.1) is 0 Å². The van der Waals surface area contributed by atoms with E-state index in [0.717, 1.165) is 11.1 Å². The number of rotatable bonds is 5. The van der Waals surface area contributed by atoms with Crippen molar-refractivity contribution in [3.8, 4) is 11.3 Å². The number of carbonyl (C=O) groups is 2. The summed E-state index contributed by atoms with van der Waals surface area (Å²) in [5, 5.41) is 0. The van der Waals surface area contributed by atoms with Crippen molar-refractivity contribution < 1.29 is 14.0 Å². The van der Waals surface area contributed by atoms with Crippen LogP contribution in [0.15, 0.2) is 76.1 Å². The van der Waals surface area contributed by atoms with Crippen molar-refractivity contribution in [3.05, 3.63) is 88.5 Å². The maximum atomic E-state index is 12.8. The number of ketones is 1. The Hall–Kier alpha value is -2.96. The predicted octanol–water partition coefficient (Wildman–Crippen LogP) is 5.55. The van der Waals surface area contributed by atoms with Crippen LogP contribution in [0.3, 0.4) is 0 Å². The number of amides is 1. The lowest BCUT2D eigenvalue weighted by molar-refractivity contribution is -0.122. The fourth-order valence-corrected chi connectivity index (χ4v) is 4.22. The maximum Gasteiger partial charge on any atom is 0.266 e. The lowest BCUT2D eigenvalue weighted by Crippen LogP contribution is -2.27. The van der Waals surface area contributed by atoms with E-state index in [4.69, 9.17) is 16.6 Å². The van der Waals surface area contributed by atoms with Crippen LogP contribution in [0.5, 0.6) is 0 Å². The molecule has 0 radical (unpaired) electrons. The smallest absolute Gasteiger partial charge is 0.266 e. The molecular weight excluding hydrogens is 402 g/mol. The molecule has 0 aliphatic carbocycles. The van der Waals surface area contributed by atoms with Gasteiger partial charge in [0.25, 0.3) is 5.91 Å². The van der Waals surface area contributed by atoms with Gasteiger partial charge in [0.1, 0.15) is 15.8 Å². The van der Waals surface area contributed by atoms with E-state index < -0.39 is 0 Å². The van der Waals surface area contributed by atoms with Crippen LogP contribution in [0.1, 0.15) is 28.6 Å². The number of thiocarbonyl (C=S) groups is 1. The highest BCUT2D eigenvalue weighted by atomic mass is 32.2. The van der Waals surface area contributed by atoms with Gasteiger partial charge < -0.3 is 4.42 Å². The molecule has 1 fully saturated rings. The molecule has 0 spiro atoms. The van der Waals surface area contributed by atoms with Crippen molar-refractivity contribution in [2.75, 3.05) is 0 Å². The Kier molecular flexibility index (Phi) is 5.47. The van der Waals surface area contributed by atoms with E-state index in [2.05, 4.69) is 0 Å². The Morgan fingerprint density at radius 1 is 1.07 bits per heavy atom. The number of hydrogen-bond donors (Lipinski definition) is 0. The zero-order chi connectivity index (χ0) is 20.4. The van der Waals surface area contributed by atoms with Gasteiger partial charge in [0.05, 0.1) is 11.4 Å². The van der Waals surface area contributed by atoms with Gasteiger partial charge in [-0.1, -0.05) is 78.6 Å². The first-order valence-electron chi connectivity index (χ1n) is 9.02. The quantitative estimate of drug-likeness (QED) is 0.308. The van der Waals surface area contributed by atoms with Crippen molar-refractivity contribution in [2.45, 2.75) is 13.5 Å². The molecule has 1 aliphatic heterocycles.